The Morgan fingerprint density at radius 3 is 0.837 bits per heavy atom. The van der Waals surface area contributed by atoms with E-state index in [1.165, 1.54) is 186 Å². The Kier molecular flexibility index (Phi) is 68.5. The minimum atomic E-state index is -4.97. The van der Waals surface area contributed by atoms with E-state index in [4.69, 9.17) is 37.0 Å². The Balaban J connectivity index is 5.27. The van der Waals surface area contributed by atoms with Crippen molar-refractivity contribution in [3.63, 3.8) is 0 Å². The number of carbonyl (C=O) groups excluding carboxylic acids is 4. The Labute approximate surface area is 599 Å². The number of phosphoric ester groups is 2. The number of esters is 4. The summed E-state index contributed by atoms with van der Waals surface area (Å²) in [4.78, 5) is 72.9. The fourth-order valence-corrected chi connectivity index (χ4v) is 13.2. The molecule has 0 aliphatic rings. The maximum absolute atomic E-state index is 13.1. The molecular weight excluding hydrogens is 1280 g/mol. The second kappa shape index (κ2) is 70.2. The summed E-state index contributed by atoms with van der Waals surface area (Å²) in [6.07, 6.45) is 61.8. The van der Waals surface area contributed by atoms with Gasteiger partial charge in [-0.15, -0.1) is 0 Å². The van der Waals surface area contributed by atoms with Crippen LogP contribution in [-0.4, -0.2) is 96.7 Å². The zero-order valence-corrected chi connectivity index (χ0v) is 65.4. The largest absolute Gasteiger partial charge is 0.472 e. The van der Waals surface area contributed by atoms with Gasteiger partial charge in [0.25, 0.3) is 0 Å². The summed E-state index contributed by atoms with van der Waals surface area (Å²) < 4.78 is 68.6. The van der Waals surface area contributed by atoms with Crippen LogP contribution in [0, 0.1) is 11.8 Å². The lowest BCUT2D eigenvalue weighted by Gasteiger charge is -2.21. The summed E-state index contributed by atoms with van der Waals surface area (Å²) in [7, 11) is -9.93. The number of aliphatic hydroxyl groups excluding tert-OH is 1. The molecule has 3 N–H and O–H groups in total. The van der Waals surface area contributed by atoms with Gasteiger partial charge >= 0.3 is 39.5 Å². The number of carbonyl (C=O) groups is 4. The maximum Gasteiger partial charge on any atom is 0.472 e. The average Bonchev–Trinajstić information content (AvgIpc) is 1.04. The maximum atomic E-state index is 13.1. The minimum absolute atomic E-state index is 0.101. The fraction of sp³-hybridized carbons (Fsp3) is 0.899. The molecule has 0 saturated heterocycles. The highest BCUT2D eigenvalue weighted by Gasteiger charge is 2.30. The number of hydrogen-bond donors (Lipinski definition) is 3. The van der Waals surface area contributed by atoms with Gasteiger partial charge in [0.05, 0.1) is 26.4 Å². The van der Waals surface area contributed by atoms with Crippen LogP contribution in [0.15, 0.2) is 24.3 Å². The first-order valence-corrected chi connectivity index (χ1v) is 43.3. The van der Waals surface area contributed by atoms with Crippen LogP contribution < -0.4 is 0 Å². The van der Waals surface area contributed by atoms with Gasteiger partial charge in [0.1, 0.15) is 19.3 Å². The molecule has 0 aromatic rings. The van der Waals surface area contributed by atoms with Gasteiger partial charge in [-0.05, 0) is 63.2 Å². The van der Waals surface area contributed by atoms with Crippen molar-refractivity contribution in [2.24, 2.45) is 11.8 Å². The van der Waals surface area contributed by atoms with Crippen LogP contribution in [-0.2, 0) is 65.4 Å². The molecule has 0 spiro atoms. The molecule has 0 rings (SSSR count). The van der Waals surface area contributed by atoms with Gasteiger partial charge in [-0.2, -0.15) is 0 Å². The van der Waals surface area contributed by atoms with Crippen molar-refractivity contribution in [3.8, 4) is 0 Å². The lowest BCUT2D eigenvalue weighted by Crippen LogP contribution is -2.30. The topological polar surface area (TPSA) is 237 Å². The van der Waals surface area contributed by atoms with Crippen LogP contribution >= 0.6 is 15.6 Å². The van der Waals surface area contributed by atoms with Crippen LogP contribution in [0.4, 0.5) is 0 Å². The van der Waals surface area contributed by atoms with Crippen LogP contribution in [0.3, 0.4) is 0 Å². The van der Waals surface area contributed by atoms with Crippen molar-refractivity contribution >= 4 is 39.5 Å². The third-order valence-electron chi connectivity index (χ3n) is 17.8. The summed E-state index contributed by atoms with van der Waals surface area (Å²) in [6.45, 7) is 9.57. The molecule has 5 atom stereocenters. The Hall–Kier alpha value is -2.46. The van der Waals surface area contributed by atoms with Crippen LogP contribution in [0.5, 0.6) is 0 Å². The van der Waals surface area contributed by atoms with Crippen molar-refractivity contribution in [3.05, 3.63) is 24.3 Å². The second-order valence-corrected chi connectivity index (χ2v) is 31.6. The van der Waals surface area contributed by atoms with E-state index in [1.54, 1.807) is 0 Å². The Morgan fingerprint density at radius 1 is 0.316 bits per heavy atom. The highest BCUT2D eigenvalue weighted by molar-refractivity contribution is 7.47. The molecule has 0 bridgehead atoms. The predicted molar refractivity (Wildman–Crippen MR) is 400 cm³/mol. The molecule has 0 aromatic carbocycles. The first-order chi connectivity index (χ1) is 47.4. The average molecular weight is 1430 g/mol. The molecule has 0 saturated carbocycles. The third kappa shape index (κ3) is 71.9. The van der Waals surface area contributed by atoms with Crippen LogP contribution in [0.2, 0.25) is 0 Å². The number of allylic oxidation sites excluding steroid dienone is 4. The molecule has 0 aromatic heterocycles. The van der Waals surface area contributed by atoms with E-state index in [2.05, 4.69) is 65.8 Å². The Morgan fingerprint density at radius 2 is 0.551 bits per heavy atom. The van der Waals surface area contributed by atoms with Crippen molar-refractivity contribution in [2.45, 2.75) is 407 Å². The normalized spacial score (nSPS) is 14.1. The van der Waals surface area contributed by atoms with Gasteiger partial charge < -0.3 is 33.8 Å². The lowest BCUT2D eigenvalue weighted by atomic mass is 10.0. The highest BCUT2D eigenvalue weighted by Crippen LogP contribution is 2.45. The first-order valence-electron chi connectivity index (χ1n) is 40.3. The quantitative estimate of drug-likeness (QED) is 0.0169. The molecule has 0 aliphatic carbocycles. The van der Waals surface area contributed by atoms with Gasteiger partial charge in [0, 0.05) is 25.7 Å². The summed E-state index contributed by atoms with van der Waals surface area (Å²) in [5.41, 5.74) is 0. The number of ether oxygens (including phenoxy) is 4. The van der Waals surface area contributed by atoms with Crippen molar-refractivity contribution in [1.29, 1.82) is 0 Å². The van der Waals surface area contributed by atoms with Gasteiger partial charge in [-0.3, -0.25) is 37.3 Å². The zero-order chi connectivity index (χ0) is 72.1. The molecule has 0 aliphatic heterocycles. The van der Waals surface area contributed by atoms with Gasteiger partial charge in [0.2, 0.25) is 0 Å². The molecule has 19 heteroatoms. The van der Waals surface area contributed by atoms with Gasteiger partial charge in [-0.25, -0.2) is 9.13 Å². The molecule has 0 heterocycles. The van der Waals surface area contributed by atoms with E-state index in [1.807, 2.05) is 0 Å². The molecule has 578 valence electrons. The van der Waals surface area contributed by atoms with Crippen LogP contribution in [0.25, 0.3) is 0 Å². The molecule has 0 amide bonds. The summed E-state index contributed by atoms with van der Waals surface area (Å²) in [6, 6.07) is 0. The van der Waals surface area contributed by atoms with E-state index in [0.29, 0.717) is 25.7 Å². The fourth-order valence-electron chi connectivity index (χ4n) is 11.6. The third-order valence-corrected chi connectivity index (χ3v) is 19.7. The molecule has 2 unspecified atom stereocenters. The van der Waals surface area contributed by atoms with E-state index < -0.39 is 97.5 Å². The zero-order valence-electron chi connectivity index (χ0n) is 63.6. The molecule has 0 radical (unpaired) electrons. The molecular formula is C79H150O17P2. The lowest BCUT2D eigenvalue weighted by molar-refractivity contribution is -0.161. The number of unbranched alkanes of at least 4 members (excludes halogenated alkanes) is 43. The predicted octanol–water partition coefficient (Wildman–Crippen LogP) is 23.1. The number of hydrogen-bond acceptors (Lipinski definition) is 15. The SMILES string of the molecule is CCCCCC/C=C\C=C/CCCCCCCC(=O)OC[C@H](COP(=O)(O)OC[C@@H](O)COP(=O)(O)OC[C@@H](COC(=O)CCCCCCCCCCCC)OC(=O)CCCCCCCCCCCCCC(C)C)OC(=O)CCCCCCCCCCCCCCCCCCC(C)C. The monoisotopic (exact) mass is 1430 g/mol. The van der Waals surface area contributed by atoms with Crippen LogP contribution in [0.1, 0.15) is 388 Å². The number of phosphoric acid groups is 2. The van der Waals surface area contributed by atoms with Crippen molar-refractivity contribution in [2.75, 3.05) is 39.6 Å². The summed E-state index contributed by atoms with van der Waals surface area (Å²) in [5.74, 6) is -0.570. The number of aliphatic hydroxyl groups is 1. The summed E-state index contributed by atoms with van der Waals surface area (Å²) >= 11 is 0. The van der Waals surface area contributed by atoms with Crippen molar-refractivity contribution < 1.29 is 80.2 Å². The minimum Gasteiger partial charge on any atom is -0.462 e. The highest BCUT2D eigenvalue weighted by atomic mass is 31.2. The van der Waals surface area contributed by atoms with E-state index in [9.17, 15) is 43.2 Å². The molecule has 0 fully saturated rings. The Bertz CT molecular complexity index is 1980. The molecule has 98 heavy (non-hydrogen) atoms. The van der Waals surface area contributed by atoms with E-state index in [0.717, 1.165) is 121 Å². The van der Waals surface area contributed by atoms with E-state index in [-0.39, 0.29) is 25.7 Å². The van der Waals surface area contributed by atoms with Gasteiger partial charge in [0.15, 0.2) is 12.2 Å². The standard InChI is InChI=1S/C79H150O17P2/c1-7-9-11-13-15-17-19-20-23-27-32-38-44-50-56-62-77(82)90-68-75(95-78(83)63-57-51-45-39-33-28-25-22-21-24-26-30-35-41-47-53-59-71(3)4)70-94-98(87,88)92-66-73(80)65-91-97(85,86)93-69-74(67-89-76(81)61-55-49-43-37-18-16-14-12-10-8-2)96-79(84)64-58-52-46-40-34-29-31-36-42-48-54-60-72(5)6/h17,19-20,23,71-75,80H,7-16,18,21-22,24-70H2,1-6H3,(H,85,86)(H,87,88)/b19-17-,23-20-/t73-,74+,75+/m0/s1. The summed E-state index contributed by atoms with van der Waals surface area (Å²) in [5, 5.41) is 10.6. The molecule has 17 nitrogen and oxygen atoms in total. The number of rotatable bonds is 76. The van der Waals surface area contributed by atoms with Crippen molar-refractivity contribution in [1.82, 2.24) is 0 Å². The smallest absolute Gasteiger partial charge is 0.462 e. The first kappa shape index (κ1) is 95.5. The van der Waals surface area contributed by atoms with E-state index >= 15 is 0 Å². The second-order valence-electron chi connectivity index (χ2n) is 28.7. The van der Waals surface area contributed by atoms with Gasteiger partial charge in [-0.1, -0.05) is 336 Å².